The second-order valence-electron chi connectivity index (χ2n) is 4.48. The first-order valence-electron chi connectivity index (χ1n) is 6.04. The molecule has 0 radical (unpaired) electrons. The van der Waals surface area contributed by atoms with Gasteiger partial charge in [0.15, 0.2) is 0 Å². The lowest BCUT2D eigenvalue weighted by molar-refractivity contribution is 0.170. The van der Waals surface area contributed by atoms with Crippen molar-refractivity contribution >= 4 is 0 Å². The number of hydrogen-bond acceptors (Lipinski definition) is 3. The Balaban J connectivity index is 2.30. The van der Waals surface area contributed by atoms with Crippen LogP contribution in [0, 0.1) is 0 Å². The van der Waals surface area contributed by atoms with Crippen LogP contribution >= 0.6 is 0 Å². The highest BCUT2D eigenvalue weighted by Gasteiger charge is 2.06. The van der Waals surface area contributed by atoms with Crippen LogP contribution in [0.3, 0.4) is 0 Å². The van der Waals surface area contributed by atoms with E-state index in [0.717, 1.165) is 25.9 Å². The highest BCUT2D eigenvalue weighted by molar-refractivity contribution is 5.03. The fourth-order valence-corrected chi connectivity index (χ4v) is 1.74. The Morgan fingerprint density at radius 1 is 1.50 bits per heavy atom. The molecule has 0 spiro atoms. The smallest absolute Gasteiger partial charge is 0.0534 e. The minimum atomic E-state index is -0.245. The van der Waals surface area contributed by atoms with E-state index >= 15 is 0 Å². The summed E-state index contributed by atoms with van der Waals surface area (Å²) < 4.78 is 1.97. The number of hydrogen-bond donors (Lipinski definition) is 2. The van der Waals surface area contributed by atoms with E-state index in [2.05, 4.69) is 30.5 Å². The molecule has 0 bridgehead atoms. The summed E-state index contributed by atoms with van der Waals surface area (Å²) >= 11 is 0. The molecule has 0 saturated carbocycles. The van der Waals surface area contributed by atoms with Crippen molar-refractivity contribution in [3.8, 4) is 0 Å². The van der Waals surface area contributed by atoms with Gasteiger partial charge in [-0.15, -0.1) is 0 Å². The van der Waals surface area contributed by atoms with Gasteiger partial charge < -0.3 is 10.4 Å². The van der Waals surface area contributed by atoms with Crippen LogP contribution < -0.4 is 5.32 Å². The van der Waals surface area contributed by atoms with Gasteiger partial charge in [0.1, 0.15) is 0 Å². The van der Waals surface area contributed by atoms with Crippen molar-refractivity contribution < 1.29 is 5.11 Å². The summed E-state index contributed by atoms with van der Waals surface area (Å²) in [6.07, 6.45) is 5.62. The van der Waals surface area contributed by atoms with Gasteiger partial charge in [0, 0.05) is 30.9 Å². The van der Waals surface area contributed by atoms with Crippen LogP contribution in [0.2, 0.25) is 0 Å². The zero-order valence-electron chi connectivity index (χ0n) is 10.5. The molecule has 0 aliphatic rings. The quantitative estimate of drug-likeness (QED) is 0.740. The Morgan fingerprint density at radius 2 is 2.25 bits per heavy atom. The van der Waals surface area contributed by atoms with E-state index in [1.165, 1.54) is 5.56 Å². The molecule has 1 aromatic heterocycles. The molecular formula is C12H23N3O. The predicted octanol–water partition coefficient (Wildman–Crippen LogP) is 1.54. The van der Waals surface area contributed by atoms with Crippen molar-refractivity contribution in [2.45, 2.75) is 58.8 Å². The maximum Gasteiger partial charge on any atom is 0.0534 e. The van der Waals surface area contributed by atoms with Gasteiger partial charge in [0.2, 0.25) is 0 Å². The standard InChI is InChI=1S/C12H23N3O/c1-4-5-15-9-12(8-14-15)7-13-10(2)6-11(3)16/h8-11,13,16H,4-7H2,1-3H3. The average molecular weight is 225 g/mol. The Morgan fingerprint density at radius 3 is 2.88 bits per heavy atom. The number of aliphatic hydroxyl groups is 1. The largest absolute Gasteiger partial charge is 0.393 e. The monoisotopic (exact) mass is 225 g/mol. The predicted molar refractivity (Wildman–Crippen MR) is 65.1 cm³/mol. The molecule has 16 heavy (non-hydrogen) atoms. The van der Waals surface area contributed by atoms with Crippen LogP contribution in [0.4, 0.5) is 0 Å². The summed E-state index contributed by atoms with van der Waals surface area (Å²) in [5.74, 6) is 0. The van der Waals surface area contributed by atoms with Gasteiger partial charge in [-0.25, -0.2) is 0 Å². The summed E-state index contributed by atoms with van der Waals surface area (Å²) in [5, 5.41) is 16.9. The SMILES string of the molecule is CCCn1cc(CNC(C)CC(C)O)cn1. The van der Waals surface area contributed by atoms with Gasteiger partial charge in [0.25, 0.3) is 0 Å². The number of nitrogens with one attached hydrogen (secondary N) is 1. The summed E-state index contributed by atoms with van der Waals surface area (Å²) in [7, 11) is 0. The third kappa shape index (κ3) is 4.77. The highest BCUT2D eigenvalue weighted by atomic mass is 16.3. The molecule has 2 unspecified atom stereocenters. The molecule has 1 heterocycles. The molecule has 2 atom stereocenters. The number of aliphatic hydroxyl groups excluding tert-OH is 1. The van der Waals surface area contributed by atoms with Crippen LogP contribution in [0.5, 0.6) is 0 Å². The van der Waals surface area contributed by atoms with Crippen molar-refractivity contribution in [3.63, 3.8) is 0 Å². The molecule has 0 saturated heterocycles. The maximum absolute atomic E-state index is 9.24. The lowest BCUT2D eigenvalue weighted by Crippen LogP contribution is -2.28. The average Bonchev–Trinajstić information content (AvgIpc) is 2.62. The topological polar surface area (TPSA) is 50.1 Å². The molecule has 0 aliphatic carbocycles. The van der Waals surface area contributed by atoms with Gasteiger partial charge in [-0.1, -0.05) is 6.92 Å². The zero-order chi connectivity index (χ0) is 12.0. The Labute approximate surface area is 97.7 Å². The number of aryl methyl sites for hydroxylation is 1. The van der Waals surface area contributed by atoms with Crippen LogP contribution in [-0.2, 0) is 13.1 Å². The molecule has 2 N–H and O–H groups in total. The van der Waals surface area contributed by atoms with E-state index < -0.39 is 0 Å². The van der Waals surface area contributed by atoms with E-state index in [9.17, 15) is 5.11 Å². The summed E-state index contributed by atoms with van der Waals surface area (Å²) in [4.78, 5) is 0. The Kier molecular flexibility index (Phi) is 5.49. The molecule has 0 aromatic carbocycles. The van der Waals surface area contributed by atoms with E-state index in [-0.39, 0.29) is 6.10 Å². The fourth-order valence-electron chi connectivity index (χ4n) is 1.74. The lowest BCUT2D eigenvalue weighted by Gasteiger charge is -2.14. The molecule has 1 aromatic rings. The molecule has 0 aliphatic heterocycles. The molecule has 4 nitrogen and oxygen atoms in total. The highest BCUT2D eigenvalue weighted by Crippen LogP contribution is 2.01. The third-order valence-corrected chi connectivity index (χ3v) is 2.49. The first-order valence-corrected chi connectivity index (χ1v) is 6.04. The van der Waals surface area contributed by atoms with E-state index in [1.54, 1.807) is 0 Å². The van der Waals surface area contributed by atoms with Gasteiger partial charge in [0.05, 0.1) is 12.3 Å². The van der Waals surface area contributed by atoms with Crippen LogP contribution in [0.15, 0.2) is 12.4 Å². The van der Waals surface area contributed by atoms with E-state index in [4.69, 9.17) is 0 Å². The third-order valence-electron chi connectivity index (χ3n) is 2.49. The number of nitrogens with zero attached hydrogens (tertiary/aromatic N) is 2. The van der Waals surface area contributed by atoms with Crippen LogP contribution in [0.25, 0.3) is 0 Å². The number of rotatable bonds is 7. The van der Waals surface area contributed by atoms with Crippen molar-refractivity contribution in [2.75, 3.05) is 0 Å². The second-order valence-corrected chi connectivity index (χ2v) is 4.48. The first-order chi connectivity index (χ1) is 7.61. The molecular weight excluding hydrogens is 202 g/mol. The fraction of sp³-hybridized carbons (Fsp3) is 0.750. The van der Waals surface area contributed by atoms with Gasteiger partial charge in [-0.2, -0.15) is 5.10 Å². The minimum Gasteiger partial charge on any atom is -0.393 e. The molecule has 1 rings (SSSR count). The lowest BCUT2D eigenvalue weighted by atomic mass is 10.1. The second kappa shape index (κ2) is 6.66. The Hall–Kier alpha value is -0.870. The van der Waals surface area contributed by atoms with Gasteiger partial charge in [-0.3, -0.25) is 4.68 Å². The van der Waals surface area contributed by atoms with Crippen molar-refractivity contribution in [3.05, 3.63) is 18.0 Å². The molecule has 4 heteroatoms. The minimum absolute atomic E-state index is 0.245. The van der Waals surface area contributed by atoms with Crippen LogP contribution in [-0.4, -0.2) is 27.0 Å². The van der Waals surface area contributed by atoms with E-state index in [1.807, 2.05) is 17.8 Å². The van der Waals surface area contributed by atoms with Crippen molar-refractivity contribution in [1.82, 2.24) is 15.1 Å². The Bertz CT molecular complexity index is 296. The van der Waals surface area contributed by atoms with E-state index in [0.29, 0.717) is 6.04 Å². The summed E-state index contributed by atoms with van der Waals surface area (Å²) in [5.41, 5.74) is 1.20. The summed E-state index contributed by atoms with van der Waals surface area (Å²) in [6.45, 7) is 7.84. The van der Waals surface area contributed by atoms with Gasteiger partial charge >= 0.3 is 0 Å². The molecule has 0 amide bonds. The maximum atomic E-state index is 9.24. The normalized spacial score (nSPS) is 15.0. The van der Waals surface area contributed by atoms with Crippen molar-refractivity contribution in [2.24, 2.45) is 0 Å². The molecule has 0 fully saturated rings. The first kappa shape index (κ1) is 13.2. The van der Waals surface area contributed by atoms with Crippen LogP contribution in [0.1, 0.15) is 39.2 Å². The zero-order valence-corrected chi connectivity index (χ0v) is 10.5. The number of aromatic nitrogens is 2. The van der Waals surface area contributed by atoms with Gasteiger partial charge in [-0.05, 0) is 26.7 Å². The summed E-state index contributed by atoms with van der Waals surface area (Å²) in [6, 6.07) is 0.328. The van der Waals surface area contributed by atoms with Crippen molar-refractivity contribution in [1.29, 1.82) is 0 Å². The molecule has 92 valence electrons.